The Hall–Kier alpha value is 0.236. The summed E-state index contributed by atoms with van der Waals surface area (Å²) in [5, 5.41) is 8.61. The summed E-state index contributed by atoms with van der Waals surface area (Å²) >= 11 is 1.79. The number of nitriles is 1. The van der Waals surface area contributed by atoms with Gasteiger partial charge in [-0.05, 0) is 30.3 Å². The fraction of sp³-hybridized carbons (Fsp3) is 0. The molecule has 0 aliphatic rings. The molecule has 0 unspecified atom stereocenters. The zero-order chi connectivity index (χ0) is 14.0. The van der Waals surface area contributed by atoms with Gasteiger partial charge in [-0.1, -0.05) is 11.8 Å². The van der Waals surface area contributed by atoms with Crippen LogP contribution in [0.3, 0.4) is 0 Å². The predicted molar refractivity (Wildman–Crippen MR) is 67.5 cm³/mol. The van der Waals surface area contributed by atoms with E-state index >= 15 is 0 Å². The van der Waals surface area contributed by atoms with Gasteiger partial charge in [0.15, 0.2) is 0 Å². The van der Waals surface area contributed by atoms with Gasteiger partial charge in [-0.15, -0.1) is 11.3 Å². The Balaban J connectivity index is 0.00000200. The van der Waals surface area contributed by atoms with Crippen LogP contribution in [0.15, 0.2) is 43.6 Å². The normalized spacial score (nSPS) is 10.7. The van der Waals surface area contributed by atoms with Crippen molar-refractivity contribution in [3.8, 4) is 6.07 Å². The first-order valence-electron chi connectivity index (χ1n) is 4.83. The van der Waals surface area contributed by atoms with E-state index in [1.165, 1.54) is 24.3 Å². The number of rotatable bonds is 3. The summed E-state index contributed by atoms with van der Waals surface area (Å²) < 4.78 is 46.2. The van der Waals surface area contributed by atoms with Crippen LogP contribution in [-0.4, -0.2) is 13.0 Å². The molecule has 1 aromatic heterocycles. The van der Waals surface area contributed by atoms with Crippen LogP contribution < -0.4 is 51.4 Å². The fourth-order valence-corrected chi connectivity index (χ4v) is 4.15. The van der Waals surface area contributed by atoms with Gasteiger partial charge in [-0.25, -0.2) is 12.8 Å². The maximum Gasteiger partial charge on any atom is 1.00 e. The molecule has 98 valence electrons. The van der Waals surface area contributed by atoms with Gasteiger partial charge in [0.2, 0.25) is 0 Å². The third-order valence-corrected chi connectivity index (χ3v) is 5.63. The van der Waals surface area contributed by atoms with Crippen LogP contribution in [0.2, 0.25) is 0 Å². The summed E-state index contributed by atoms with van der Waals surface area (Å²) in [7, 11) is -4.48. The molecule has 4 nitrogen and oxygen atoms in total. The smallest absolute Gasteiger partial charge is 0.743 e. The summed E-state index contributed by atoms with van der Waals surface area (Å²) in [6.45, 7) is 0. The molecule has 0 amide bonds. The Morgan fingerprint density at radius 3 is 2.50 bits per heavy atom. The first kappa shape index (κ1) is 18.3. The molecule has 0 aliphatic heterocycles. The molecule has 0 saturated carbocycles. The van der Waals surface area contributed by atoms with Crippen molar-refractivity contribution in [2.45, 2.75) is 13.3 Å². The molecular formula is C11H5FKNO3S3. The molecule has 2 rings (SSSR count). The molecule has 9 heteroatoms. The Kier molecular flexibility index (Phi) is 6.84. The second-order valence-electron chi connectivity index (χ2n) is 3.39. The van der Waals surface area contributed by atoms with E-state index in [9.17, 15) is 17.4 Å². The fourth-order valence-electron chi connectivity index (χ4n) is 1.25. The molecule has 1 aromatic carbocycles. The van der Waals surface area contributed by atoms with Crippen molar-refractivity contribution in [3.05, 3.63) is 41.7 Å². The van der Waals surface area contributed by atoms with Gasteiger partial charge >= 0.3 is 51.4 Å². The zero-order valence-electron chi connectivity index (χ0n) is 10.2. The van der Waals surface area contributed by atoms with Crippen molar-refractivity contribution >= 4 is 33.2 Å². The van der Waals surface area contributed by atoms with E-state index in [2.05, 4.69) is 0 Å². The molecule has 0 radical (unpaired) electrons. The monoisotopic (exact) mass is 353 g/mol. The number of benzene rings is 1. The zero-order valence-corrected chi connectivity index (χ0v) is 15.7. The van der Waals surface area contributed by atoms with E-state index in [1.54, 1.807) is 0 Å². The summed E-state index contributed by atoms with van der Waals surface area (Å²) in [6, 6.07) is 8.44. The summed E-state index contributed by atoms with van der Waals surface area (Å²) in [6.07, 6.45) is 0. The van der Waals surface area contributed by atoms with Gasteiger partial charge in [0.05, 0.1) is 15.8 Å². The second-order valence-corrected chi connectivity index (χ2v) is 7.42. The van der Waals surface area contributed by atoms with E-state index in [-0.39, 0.29) is 66.1 Å². The first-order chi connectivity index (χ1) is 8.90. The van der Waals surface area contributed by atoms with Gasteiger partial charge < -0.3 is 4.55 Å². The van der Waals surface area contributed by atoms with Gasteiger partial charge in [0, 0.05) is 4.90 Å². The minimum Gasteiger partial charge on any atom is -0.743 e. The van der Waals surface area contributed by atoms with Crippen molar-refractivity contribution in [1.82, 2.24) is 0 Å². The summed E-state index contributed by atoms with van der Waals surface area (Å²) in [4.78, 5) is 0.260. The van der Waals surface area contributed by atoms with Gasteiger partial charge in [-0.3, -0.25) is 0 Å². The first-order valence-corrected chi connectivity index (χ1v) is 7.87. The average Bonchev–Trinajstić information content (AvgIpc) is 2.80. The molecular weight excluding hydrogens is 348 g/mol. The van der Waals surface area contributed by atoms with Crippen LogP contribution in [-0.2, 0) is 10.1 Å². The number of halogens is 1. The number of hydrogen-bond donors (Lipinski definition) is 0. The average molecular weight is 353 g/mol. The third kappa shape index (κ3) is 4.62. The minimum atomic E-state index is -4.48. The van der Waals surface area contributed by atoms with E-state index in [0.717, 1.165) is 29.2 Å². The molecule has 1 heterocycles. The molecule has 20 heavy (non-hydrogen) atoms. The standard InChI is InChI=1S/C11H6FNO3S3.K/c12-8-5-7(6-13)1-2-9(8)17-10-3-4-11(18-10)19(14,15)16;/h1-5H,(H,14,15,16);/q;+1/p-1. The van der Waals surface area contributed by atoms with E-state index in [1.807, 2.05) is 6.07 Å². The van der Waals surface area contributed by atoms with Crippen LogP contribution >= 0.6 is 23.1 Å². The molecule has 0 bridgehead atoms. The SMILES string of the molecule is N#Cc1ccc(Sc2ccc(S(=O)(=O)[O-])s2)c(F)c1.[K+]. The Morgan fingerprint density at radius 2 is 2.00 bits per heavy atom. The van der Waals surface area contributed by atoms with Crippen LogP contribution in [0.5, 0.6) is 0 Å². The van der Waals surface area contributed by atoms with Crippen molar-refractivity contribution in [1.29, 1.82) is 5.26 Å². The van der Waals surface area contributed by atoms with E-state index in [0.29, 0.717) is 4.21 Å². The number of nitrogens with zero attached hydrogens (tertiary/aromatic N) is 1. The second kappa shape index (κ2) is 7.48. The van der Waals surface area contributed by atoms with Gasteiger partial charge in [0.1, 0.15) is 20.1 Å². The molecule has 0 atom stereocenters. The Labute approximate surface area is 166 Å². The third-order valence-electron chi connectivity index (χ3n) is 2.07. The Morgan fingerprint density at radius 1 is 1.30 bits per heavy atom. The largest absolute Gasteiger partial charge is 1.00 e. The quantitative estimate of drug-likeness (QED) is 0.565. The number of hydrogen-bond acceptors (Lipinski definition) is 6. The van der Waals surface area contributed by atoms with Crippen LogP contribution in [0.1, 0.15) is 5.56 Å². The van der Waals surface area contributed by atoms with Crippen LogP contribution in [0, 0.1) is 17.1 Å². The van der Waals surface area contributed by atoms with Crippen molar-refractivity contribution in [2.24, 2.45) is 0 Å². The Bertz CT molecular complexity index is 767. The van der Waals surface area contributed by atoms with Crippen molar-refractivity contribution < 1.29 is 68.7 Å². The summed E-state index contributed by atoms with van der Waals surface area (Å²) in [5.74, 6) is -0.566. The van der Waals surface area contributed by atoms with Gasteiger partial charge in [0.25, 0.3) is 0 Å². The van der Waals surface area contributed by atoms with Crippen LogP contribution in [0.25, 0.3) is 0 Å². The minimum absolute atomic E-state index is 0. The molecule has 2 aromatic rings. The molecule has 0 aliphatic carbocycles. The summed E-state index contributed by atoms with van der Waals surface area (Å²) in [5.41, 5.74) is 0.204. The maximum absolute atomic E-state index is 13.6. The number of thiophene rings is 1. The topological polar surface area (TPSA) is 81.0 Å². The van der Waals surface area contributed by atoms with E-state index in [4.69, 9.17) is 5.26 Å². The van der Waals surface area contributed by atoms with Gasteiger partial charge in [-0.2, -0.15) is 5.26 Å². The molecule has 0 fully saturated rings. The van der Waals surface area contributed by atoms with E-state index < -0.39 is 15.9 Å². The van der Waals surface area contributed by atoms with Crippen LogP contribution in [0.4, 0.5) is 4.39 Å². The maximum atomic E-state index is 13.6. The van der Waals surface area contributed by atoms with Crippen molar-refractivity contribution in [2.75, 3.05) is 0 Å². The molecule has 0 spiro atoms. The molecule has 0 saturated heterocycles. The predicted octanol–water partition coefficient (Wildman–Crippen LogP) is -0.182. The molecule has 0 N–H and O–H groups in total. The van der Waals surface area contributed by atoms with Crippen molar-refractivity contribution in [3.63, 3.8) is 0 Å².